The van der Waals surface area contributed by atoms with Crippen LogP contribution in [0.25, 0.3) is 0 Å². The Morgan fingerprint density at radius 2 is 2.00 bits per heavy atom. The molecule has 1 aromatic rings. The van der Waals surface area contributed by atoms with E-state index >= 15 is 0 Å². The van der Waals surface area contributed by atoms with Gasteiger partial charge < -0.3 is 10.4 Å². The Morgan fingerprint density at radius 3 is 2.60 bits per heavy atom. The molecule has 1 aliphatic rings. The topological polar surface area (TPSA) is 62.2 Å². The number of carbonyl (C=O) groups is 1. The summed E-state index contributed by atoms with van der Waals surface area (Å²) in [6.07, 6.45) is 5.88. The first kappa shape index (κ1) is 15.3. The van der Waals surface area contributed by atoms with Crippen molar-refractivity contribution in [3.63, 3.8) is 0 Å². The number of halogens is 1. The highest BCUT2D eigenvalue weighted by Gasteiger charge is 2.28. The second kappa shape index (κ2) is 6.55. The van der Waals surface area contributed by atoms with E-state index in [0.29, 0.717) is 23.0 Å². The summed E-state index contributed by atoms with van der Waals surface area (Å²) in [5, 5.41) is 13.7. The average molecular weight is 297 g/mol. The third kappa shape index (κ3) is 3.93. The van der Waals surface area contributed by atoms with Crippen molar-refractivity contribution in [1.82, 2.24) is 10.3 Å². The zero-order valence-corrected chi connectivity index (χ0v) is 12.5. The molecule has 0 bridgehead atoms. The molecule has 1 amide bonds. The molecule has 4 nitrogen and oxygen atoms in total. The fraction of sp³-hybridized carbons (Fsp3) is 0.600. The molecule has 0 aliphatic heterocycles. The Hall–Kier alpha value is -1.13. The summed E-state index contributed by atoms with van der Waals surface area (Å²) >= 11 is 5.78. The number of rotatable bonds is 3. The van der Waals surface area contributed by atoms with Crippen LogP contribution in [0.2, 0.25) is 5.15 Å². The highest BCUT2D eigenvalue weighted by atomic mass is 35.5. The molecule has 0 radical (unpaired) electrons. The molecule has 1 aromatic heterocycles. The van der Waals surface area contributed by atoms with Crippen LogP contribution in [-0.4, -0.2) is 28.1 Å². The number of aromatic nitrogens is 1. The van der Waals surface area contributed by atoms with E-state index in [2.05, 4.69) is 10.3 Å². The minimum Gasteiger partial charge on any atom is -0.388 e. The lowest BCUT2D eigenvalue weighted by molar-refractivity contribution is 0.0246. The SMILES string of the molecule is Cc1nc(Cl)ccc1C(=O)NCC1(O)CCCCCC1. The molecule has 0 atom stereocenters. The van der Waals surface area contributed by atoms with Crippen LogP contribution in [0.3, 0.4) is 0 Å². The molecule has 1 aliphatic carbocycles. The number of carbonyl (C=O) groups excluding carboxylic acids is 1. The van der Waals surface area contributed by atoms with E-state index in [1.54, 1.807) is 19.1 Å². The molecule has 1 saturated carbocycles. The van der Waals surface area contributed by atoms with E-state index in [1.165, 1.54) is 0 Å². The summed E-state index contributed by atoms with van der Waals surface area (Å²) in [5.74, 6) is -0.204. The Kier molecular flexibility index (Phi) is 5.00. The quantitative estimate of drug-likeness (QED) is 0.666. The Bertz CT molecular complexity index is 483. The number of aryl methyl sites for hydroxylation is 1. The Balaban J connectivity index is 1.97. The normalized spacial score (nSPS) is 18.4. The minimum absolute atomic E-state index is 0.204. The first-order valence-corrected chi connectivity index (χ1v) is 7.52. The van der Waals surface area contributed by atoms with E-state index in [9.17, 15) is 9.90 Å². The van der Waals surface area contributed by atoms with Gasteiger partial charge in [-0.3, -0.25) is 4.79 Å². The lowest BCUT2D eigenvalue weighted by atomic mass is 9.94. The van der Waals surface area contributed by atoms with Gasteiger partial charge in [-0.15, -0.1) is 0 Å². The van der Waals surface area contributed by atoms with Crippen LogP contribution in [0.5, 0.6) is 0 Å². The number of aliphatic hydroxyl groups is 1. The van der Waals surface area contributed by atoms with Crippen LogP contribution in [-0.2, 0) is 0 Å². The summed E-state index contributed by atoms with van der Waals surface area (Å²) < 4.78 is 0. The second-order valence-electron chi connectivity index (χ2n) is 5.59. The molecular formula is C15H21ClN2O2. The van der Waals surface area contributed by atoms with Crippen LogP contribution >= 0.6 is 11.6 Å². The van der Waals surface area contributed by atoms with Gasteiger partial charge in [0.25, 0.3) is 5.91 Å². The van der Waals surface area contributed by atoms with Gasteiger partial charge in [0.15, 0.2) is 0 Å². The zero-order chi connectivity index (χ0) is 14.6. The standard InChI is InChI=1S/C15H21ClN2O2/c1-11-12(6-7-13(16)18-11)14(19)17-10-15(20)8-4-2-3-5-9-15/h6-7,20H,2-5,8-10H2,1H3,(H,17,19). The van der Waals surface area contributed by atoms with Crippen molar-refractivity contribution in [2.45, 2.75) is 51.0 Å². The van der Waals surface area contributed by atoms with Crippen molar-refractivity contribution in [3.8, 4) is 0 Å². The van der Waals surface area contributed by atoms with E-state index in [1.807, 2.05) is 0 Å². The fourth-order valence-electron chi connectivity index (χ4n) is 2.67. The lowest BCUT2D eigenvalue weighted by Gasteiger charge is -2.26. The van der Waals surface area contributed by atoms with Gasteiger partial charge in [-0.05, 0) is 31.9 Å². The number of nitrogens with one attached hydrogen (secondary N) is 1. The molecule has 110 valence electrons. The smallest absolute Gasteiger partial charge is 0.253 e. The Morgan fingerprint density at radius 1 is 1.35 bits per heavy atom. The monoisotopic (exact) mass is 296 g/mol. The van der Waals surface area contributed by atoms with Gasteiger partial charge in [0.1, 0.15) is 5.15 Å². The molecule has 2 rings (SSSR count). The minimum atomic E-state index is -0.764. The maximum absolute atomic E-state index is 12.1. The van der Waals surface area contributed by atoms with Crippen molar-refractivity contribution in [2.24, 2.45) is 0 Å². The summed E-state index contributed by atoms with van der Waals surface area (Å²) in [6.45, 7) is 2.05. The number of hydrogen-bond donors (Lipinski definition) is 2. The van der Waals surface area contributed by atoms with Crippen molar-refractivity contribution >= 4 is 17.5 Å². The van der Waals surface area contributed by atoms with Gasteiger partial charge in [-0.25, -0.2) is 4.98 Å². The molecule has 1 heterocycles. The van der Waals surface area contributed by atoms with Crippen molar-refractivity contribution in [3.05, 3.63) is 28.5 Å². The molecule has 20 heavy (non-hydrogen) atoms. The van der Waals surface area contributed by atoms with Gasteiger partial charge in [0, 0.05) is 6.54 Å². The van der Waals surface area contributed by atoms with Gasteiger partial charge in [0.2, 0.25) is 0 Å². The number of nitrogens with zero attached hydrogens (tertiary/aromatic N) is 1. The Labute approximate surface area is 124 Å². The van der Waals surface area contributed by atoms with Crippen LogP contribution in [0.15, 0.2) is 12.1 Å². The van der Waals surface area contributed by atoms with Crippen LogP contribution in [0, 0.1) is 6.92 Å². The average Bonchev–Trinajstić information content (AvgIpc) is 2.61. The van der Waals surface area contributed by atoms with Gasteiger partial charge in [-0.1, -0.05) is 37.3 Å². The number of pyridine rings is 1. The van der Waals surface area contributed by atoms with E-state index in [4.69, 9.17) is 11.6 Å². The lowest BCUT2D eigenvalue weighted by Crippen LogP contribution is -2.42. The molecule has 0 spiro atoms. The number of hydrogen-bond acceptors (Lipinski definition) is 3. The molecule has 0 unspecified atom stereocenters. The second-order valence-corrected chi connectivity index (χ2v) is 5.98. The maximum atomic E-state index is 12.1. The third-order valence-corrected chi connectivity index (χ3v) is 4.12. The van der Waals surface area contributed by atoms with E-state index in [-0.39, 0.29) is 5.91 Å². The van der Waals surface area contributed by atoms with E-state index in [0.717, 1.165) is 38.5 Å². The number of amides is 1. The van der Waals surface area contributed by atoms with Gasteiger partial charge in [-0.2, -0.15) is 0 Å². The summed E-state index contributed by atoms with van der Waals surface area (Å²) in [6, 6.07) is 3.26. The summed E-state index contributed by atoms with van der Waals surface area (Å²) in [5.41, 5.74) is 0.342. The van der Waals surface area contributed by atoms with Crippen molar-refractivity contribution in [2.75, 3.05) is 6.54 Å². The van der Waals surface area contributed by atoms with Gasteiger partial charge >= 0.3 is 0 Å². The molecule has 0 aromatic carbocycles. The molecular weight excluding hydrogens is 276 g/mol. The summed E-state index contributed by atoms with van der Waals surface area (Å²) in [4.78, 5) is 16.2. The van der Waals surface area contributed by atoms with Crippen LogP contribution in [0.4, 0.5) is 0 Å². The summed E-state index contributed by atoms with van der Waals surface area (Å²) in [7, 11) is 0. The van der Waals surface area contributed by atoms with Crippen molar-refractivity contribution in [1.29, 1.82) is 0 Å². The molecule has 2 N–H and O–H groups in total. The predicted molar refractivity (Wildman–Crippen MR) is 79.0 cm³/mol. The highest BCUT2D eigenvalue weighted by Crippen LogP contribution is 2.26. The molecule has 5 heteroatoms. The van der Waals surface area contributed by atoms with Crippen LogP contribution in [0.1, 0.15) is 54.6 Å². The van der Waals surface area contributed by atoms with Crippen LogP contribution < -0.4 is 5.32 Å². The fourth-order valence-corrected chi connectivity index (χ4v) is 2.86. The molecule has 0 saturated heterocycles. The largest absolute Gasteiger partial charge is 0.388 e. The first-order chi connectivity index (χ1) is 9.50. The predicted octanol–water partition coefficient (Wildman–Crippen LogP) is 2.86. The third-order valence-electron chi connectivity index (χ3n) is 3.91. The maximum Gasteiger partial charge on any atom is 0.253 e. The van der Waals surface area contributed by atoms with E-state index < -0.39 is 5.60 Å². The molecule has 1 fully saturated rings. The highest BCUT2D eigenvalue weighted by molar-refractivity contribution is 6.29. The van der Waals surface area contributed by atoms with Crippen molar-refractivity contribution < 1.29 is 9.90 Å². The first-order valence-electron chi connectivity index (χ1n) is 7.14. The van der Waals surface area contributed by atoms with Gasteiger partial charge in [0.05, 0.1) is 16.9 Å². The zero-order valence-electron chi connectivity index (χ0n) is 11.8.